The molecule has 0 unspecified atom stereocenters. The summed E-state index contributed by atoms with van der Waals surface area (Å²) in [6.07, 6.45) is -2.47. The van der Waals surface area contributed by atoms with Crippen molar-refractivity contribution in [3.8, 4) is 0 Å². The van der Waals surface area contributed by atoms with Crippen LogP contribution in [-0.2, 0) is 0 Å². The molecule has 74 valence electrons. The van der Waals surface area contributed by atoms with Crippen LogP contribution in [0.25, 0.3) is 10.9 Å². The predicted octanol–water partition coefficient (Wildman–Crippen LogP) is 3.00. The van der Waals surface area contributed by atoms with E-state index in [9.17, 15) is 8.78 Å². The highest BCUT2D eigenvalue weighted by molar-refractivity contribution is 5.87. The standard InChI is InChI=1S/C10H10F2N2/c1-5-9(10(11)12)7-4-6(13)2-3-8(7)14-5/h2-4,10,14H,13H2,1H3. The van der Waals surface area contributed by atoms with Crippen LogP contribution in [0.3, 0.4) is 0 Å². The van der Waals surface area contributed by atoms with E-state index in [-0.39, 0.29) is 5.56 Å². The van der Waals surface area contributed by atoms with E-state index < -0.39 is 6.43 Å². The van der Waals surface area contributed by atoms with Crippen molar-refractivity contribution in [3.63, 3.8) is 0 Å². The Kier molecular flexibility index (Phi) is 1.91. The zero-order valence-electron chi connectivity index (χ0n) is 7.64. The molecule has 1 aromatic carbocycles. The molecule has 0 radical (unpaired) electrons. The third-order valence-corrected chi connectivity index (χ3v) is 2.28. The summed E-state index contributed by atoms with van der Waals surface area (Å²) in [6, 6.07) is 4.97. The molecule has 0 spiro atoms. The summed E-state index contributed by atoms with van der Waals surface area (Å²) in [4.78, 5) is 2.90. The Hall–Kier alpha value is -1.58. The van der Waals surface area contributed by atoms with Gasteiger partial charge in [0.25, 0.3) is 6.43 Å². The second-order valence-electron chi connectivity index (χ2n) is 3.27. The number of fused-ring (bicyclic) bond motifs is 1. The lowest BCUT2D eigenvalue weighted by molar-refractivity contribution is 0.152. The molecule has 1 heterocycles. The van der Waals surface area contributed by atoms with E-state index in [2.05, 4.69) is 4.98 Å². The first-order valence-corrected chi connectivity index (χ1v) is 4.25. The van der Waals surface area contributed by atoms with Gasteiger partial charge in [0.05, 0.1) is 0 Å². The molecule has 0 atom stereocenters. The first kappa shape index (κ1) is 8.99. The van der Waals surface area contributed by atoms with Gasteiger partial charge in [-0.25, -0.2) is 8.78 Å². The number of H-pyrrole nitrogens is 1. The van der Waals surface area contributed by atoms with Gasteiger partial charge in [0, 0.05) is 27.8 Å². The zero-order chi connectivity index (χ0) is 10.3. The van der Waals surface area contributed by atoms with Crippen LogP contribution in [0.1, 0.15) is 17.7 Å². The number of nitrogen functional groups attached to an aromatic ring is 1. The molecule has 3 N–H and O–H groups in total. The molecular formula is C10H10F2N2. The van der Waals surface area contributed by atoms with E-state index in [1.807, 2.05) is 0 Å². The molecular weight excluding hydrogens is 186 g/mol. The van der Waals surface area contributed by atoms with Crippen molar-refractivity contribution in [2.45, 2.75) is 13.3 Å². The number of nitrogens with one attached hydrogen (secondary N) is 1. The van der Waals surface area contributed by atoms with Crippen LogP contribution in [0, 0.1) is 6.92 Å². The maximum atomic E-state index is 12.7. The number of hydrogen-bond acceptors (Lipinski definition) is 1. The van der Waals surface area contributed by atoms with Gasteiger partial charge in [-0.2, -0.15) is 0 Å². The third kappa shape index (κ3) is 1.23. The van der Waals surface area contributed by atoms with Crippen LogP contribution in [-0.4, -0.2) is 4.98 Å². The van der Waals surface area contributed by atoms with Gasteiger partial charge in [-0.15, -0.1) is 0 Å². The van der Waals surface area contributed by atoms with Gasteiger partial charge in [-0.05, 0) is 25.1 Å². The monoisotopic (exact) mass is 196 g/mol. The molecule has 2 aromatic rings. The minimum atomic E-state index is -2.47. The maximum Gasteiger partial charge on any atom is 0.266 e. The summed E-state index contributed by atoms with van der Waals surface area (Å²) < 4.78 is 25.3. The van der Waals surface area contributed by atoms with E-state index in [1.165, 1.54) is 0 Å². The highest BCUT2D eigenvalue weighted by atomic mass is 19.3. The first-order chi connectivity index (χ1) is 6.59. The number of anilines is 1. The molecule has 4 heteroatoms. The van der Waals surface area contributed by atoms with Gasteiger partial charge in [0.1, 0.15) is 0 Å². The Labute approximate surface area is 79.7 Å². The van der Waals surface area contributed by atoms with Crippen molar-refractivity contribution in [1.82, 2.24) is 4.98 Å². The Morgan fingerprint density at radius 1 is 1.36 bits per heavy atom. The molecule has 0 amide bonds. The van der Waals surface area contributed by atoms with Crippen LogP contribution in [0.15, 0.2) is 18.2 Å². The fourth-order valence-electron chi connectivity index (χ4n) is 1.65. The Balaban J connectivity index is 2.79. The highest BCUT2D eigenvalue weighted by Crippen LogP contribution is 2.31. The number of rotatable bonds is 1. The summed E-state index contributed by atoms with van der Waals surface area (Å²) >= 11 is 0. The number of halogens is 2. The lowest BCUT2D eigenvalue weighted by Gasteiger charge is -1.99. The summed E-state index contributed by atoms with van der Waals surface area (Å²) in [5.41, 5.74) is 7.29. The van der Waals surface area contributed by atoms with Gasteiger partial charge in [0.15, 0.2) is 0 Å². The second-order valence-corrected chi connectivity index (χ2v) is 3.27. The topological polar surface area (TPSA) is 41.8 Å². The van der Waals surface area contributed by atoms with Crippen LogP contribution in [0.4, 0.5) is 14.5 Å². The number of aromatic nitrogens is 1. The number of aryl methyl sites for hydroxylation is 1. The van der Waals surface area contributed by atoms with Gasteiger partial charge in [-0.3, -0.25) is 0 Å². The van der Waals surface area contributed by atoms with E-state index in [4.69, 9.17) is 5.73 Å². The highest BCUT2D eigenvalue weighted by Gasteiger charge is 2.16. The van der Waals surface area contributed by atoms with Gasteiger partial charge >= 0.3 is 0 Å². The number of aromatic amines is 1. The lowest BCUT2D eigenvalue weighted by atomic mass is 10.1. The van der Waals surface area contributed by atoms with Crippen LogP contribution in [0.2, 0.25) is 0 Å². The molecule has 0 aliphatic carbocycles. The van der Waals surface area contributed by atoms with Crippen LogP contribution < -0.4 is 5.73 Å². The molecule has 0 bridgehead atoms. The normalized spacial score (nSPS) is 11.4. The summed E-state index contributed by atoms with van der Waals surface area (Å²) in [5, 5.41) is 0.512. The molecule has 2 nitrogen and oxygen atoms in total. The van der Waals surface area contributed by atoms with Crippen molar-refractivity contribution >= 4 is 16.6 Å². The smallest absolute Gasteiger partial charge is 0.266 e. The Morgan fingerprint density at radius 3 is 2.71 bits per heavy atom. The van der Waals surface area contributed by atoms with E-state index in [0.717, 1.165) is 0 Å². The zero-order valence-corrected chi connectivity index (χ0v) is 7.64. The second kappa shape index (κ2) is 2.97. The number of nitrogens with two attached hydrogens (primary N) is 1. The predicted molar refractivity (Wildman–Crippen MR) is 52.4 cm³/mol. The quantitative estimate of drug-likeness (QED) is 0.676. The van der Waals surface area contributed by atoms with Gasteiger partial charge in [-0.1, -0.05) is 0 Å². The molecule has 2 rings (SSSR count). The van der Waals surface area contributed by atoms with E-state index in [1.54, 1.807) is 25.1 Å². The molecule has 0 saturated heterocycles. The fraction of sp³-hybridized carbons (Fsp3) is 0.200. The summed E-state index contributed by atoms with van der Waals surface area (Å²) in [6.45, 7) is 1.64. The maximum absolute atomic E-state index is 12.7. The lowest BCUT2D eigenvalue weighted by Crippen LogP contribution is -1.86. The number of benzene rings is 1. The van der Waals surface area contributed by atoms with E-state index >= 15 is 0 Å². The molecule has 0 aliphatic heterocycles. The number of hydrogen-bond donors (Lipinski definition) is 2. The Morgan fingerprint density at radius 2 is 2.07 bits per heavy atom. The van der Waals surface area contributed by atoms with Crippen molar-refractivity contribution in [1.29, 1.82) is 0 Å². The summed E-state index contributed by atoms with van der Waals surface area (Å²) in [7, 11) is 0. The third-order valence-electron chi connectivity index (χ3n) is 2.28. The van der Waals surface area contributed by atoms with Crippen molar-refractivity contribution in [3.05, 3.63) is 29.5 Å². The first-order valence-electron chi connectivity index (χ1n) is 4.25. The Bertz CT molecular complexity index is 474. The average molecular weight is 196 g/mol. The van der Waals surface area contributed by atoms with Crippen molar-refractivity contribution < 1.29 is 8.78 Å². The summed E-state index contributed by atoms with van der Waals surface area (Å²) in [5.74, 6) is 0. The molecule has 0 fully saturated rings. The molecule has 14 heavy (non-hydrogen) atoms. The molecule has 0 aliphatic rings. The van der Waals surface area contributed by atoms with Gasteiger partial charge < -0.3 is 10.7 Å². The largest absolute Gasteiger partial charge is 0.399 e. The van der Waals surface area contributed by atoms with Crippen LogP contribution in [0.5, 0.6) is 0 Å². The van der Waals surface area contributed by atoms with E-state index in [0.29, 0.717) is 22.3 Å². The fourth-order valence-corrected chi connectivity index (χ4v) is 1.65. The van der Waals surface area contributed by atoms with Crippen molar-refractivity contribution in [2.24, 2.45) is 0 Å². The SMILES string of the molecule is Cc1[nH]c2ccc(N)cc2c1C(F)F. The number of alkyl halides is 2. The van der Waals surface area contributed by atoms with Crippen LogP contribution >= 0.6 is 0 Å². The average Bonchev–Trinajstić information content (AvgIpc) is 2.40. The minimum Gasteiger partial charge on any atom is -0.399 e. The van der Waals surface area contributed by atoms with Gasteiger partial charge in [0.2, 0.25) is 0 Å². The van der Waals surface area contributed by atoms with Crippen molar-refractivity contribution in [2.75, 3.05) is 5.73 Å². The molecule has 1 aromatic heterocycles. The molecule has 0 saturated carbocycles. The minimum absolute atomic E-state index is 0.0484.